The second-order valence-electron chi connectivity index (χ2n) is 7.14. The van der Waals surface area contributed by atoms with Gasteiger partial charge in [-0.2, -0.15) is 0 Å². The van der Waals surface area contributed by atoms with E-state index in [-0.39, 0.29) is 42.2 Å². The smallest absolute Gasteiger partial charge is 0.240 e. The molecule has 2 rings (SSSR count). The number of carbonyl (C=O) groups is 1. The van der Waals surface area contributed by atoms with Crippen molar-refractivity contribution in [3.63, 3.8) is 0 Å². The third-order valence-electron chi connectivity index (χ3n) is 4.67. The number of rotatable bonds is 2. The molecule has 0 spiro atoms. The maximum absolute atomic E-state index is 12.4. The molecule has 0 aromatic heterocycles. The van der Waals surface area contributed by atoms with E-state index in [0.29, 0.717) is 0 Å². The molecule has 2 N–H and O–H groups in total. The monoisotopic (exact) mass is 339 g/mol. The van der Waals surface area contributed by atoms with Gasteiger partial charge in [-0.1, -0.05) is 33.6 Å². The van der Waals surface area contributed by atoms with Crippen molar-refractivity contribution in [2.24, 2.45) is 11.1 Å². The van der Waals surface area contributed by atoms with Gasteiger partial charge in [-0.25, -0.2) is 0 Å². The molecule has 126 valence electrons. The highest BCUT2D eigenvalue weighted by Crippen LogP contribution is 2.25. The highest BCUT2D eigenvalue weighted by atomic mass is 35.5. The summed E-state index contributed by atoms with van der Waals surface area (Å²) in [6, 6.07) is 0.388. The van der Waals surface area contributed by atoms with Crippen molar-refractivity contribution in [3.05, 3.63) is 0 Å². The lowest BCUT2D eigenvalue weighted by Gasteiger charge is -2.40. The lowest BCUT2D eigenvalue weighted by molar-refractivity contribution is -0.137. The third kappa shape index (κ3) is 5.27. The summed E-state index contributed by atoms with van der Waals surface area (Å²) in [5, 5.41) is 0. The van der Waals surface area contributed by atoms with Crippen molar-refractivity contribution in [2.75, 3.05) is 26.2 Å². The van der Waals surface area contributed by atoms with Crippen molar-refractivity contribution in [1.82, 2.24) is 9.80 Å². The molecule has 1 heterocycles. The fourth-order valence-electron chi connectivity index (χ4n) is 3.14. The summed E-state index contributed by atoms with van der Waals surface area (Å²) in [7, 11) is 0. The predicted molar refractivity (Wildman–Crippen MR) is 92.3 cm³/mol. The van der Waals surface area contributed by atoms with Crippen molar-refractivity contribution in [1.29, 1.82) is 0 Å². The number of nitrogens with zero attached hydrogens (tertiary/aromatic N) is 2. The van der Waals surface area contributed by atoms with Gasteiger partial charge in [-0.05, 0) is 18.3 Å². The molecule has 0 aromatic carbocycles. The van der Waals surface area contributed by atoms with Gasteiger partial charge in [0.15, 0.2) is 0 Å². The van der Waals surface area contributed by atoms with Gasteiger partial charge in [0.1, 0.15) is 0 Å². The van der Waals surface area contributed by atoms with Crippen LogP contribution in [0.3, 0.4) is 0 Å². The molecule has 1 aliphatic carbocycles. The van der Waals surface area contributed by atoms with Gasteiger partial charge < -0.3 is 10.6 Å². The summed E-state index contributed by atoms with van der Waals surface area (Å²) in [6.07, 6.45) is 5.43. The SMILES string of the molecule is CC(C)(C)[C@H](N)C(=O)N1CCN(C2CCCC2)CC1.Cl.Cl. The highest BCUT2D eigenvalue weighted by Gasteiger charge is 2.33. The first-order chi connectivity index (χ1) is 8.89. The van der Waals surface area contributed by atoms with E-state index in [1.807, 2.05) is 25.7 Å². The molecule has 1 saturated heterocycles. The Kier molecular flexibility index (Phi) is 8.55. The van der Waals surface area contributed by atoms with Crippen LogP contribution in [0.2, 0.25) is 0 Å². The van der Waals surface area contributed by atoms with Crippen molar-refractivity contribution < 1.29 is 4.79 Å². The lowest BCUT2D eigenvalue weighted by atomic mass is 9.86. The minimum absolute atomic E-state index is 0. The fraction of sp³-hybridized carbons (Fsp3) is 0.933. The average Bonchev–Trinajstić information content (AvgIpc) is 2.90. The topological polar surface area (TPSA) is 49.6 Å². The number of hydrogen-bond acceptors (Lipinski definition) is 3. The molecule has 1 amide bonds. The number of carbonyl (C=O) groups excluding carboxylic acids is 1. The Morgan fingerprint density at radius 2 is 1.52 bits per heavy atom. The molecule has 6 heteroatoms. The van der Waals surface area contributed by atoms with Crippen LogP contribution in [-0.4, -0.2) is 54.0 Å². The Labute approximate surface area is 141 Å². The zero-order valence-corrected chi connectivity index (χ0v) is 15.1. The Balaban J connectivity index is 0.00000200. The van der Waals surface area contributed by atoms with Crippen LogP contribution in [0.4, 0.5) is 0 Å². The maximum atomic E-state index is 12.4. The normalized spacial score (nSPS) is 22.4. The van der Waals surface area contributed by atoms with Gasteiger partial charge in [0.05, 0.1) is 6.04 Å². The Hall–Kier alpha value is -0.0300. The van der Waals surface area contributed by atoms with Crippen LogP contribution in [0.15, 0.2) is 0 Å². The van der Waals surface area contributed by atoms with Crippen LogP contribution in [-0.2, 0) is 4.79 Å². The molecule has 1 aliphatic heterocycles. The van der Waals surface area contributed by atoms with Crippen LogP contribution < -0.4 is 5.73 Å². The molecule has 1 saturated carbocycles. The molecule has 0 aromatic rings. The third-order valence-corrected chi connectivity index (χ3v) is 4.67. The van der Waals surface area contributed by atoms with Crippen LogP contribution in [0.1, 0.15) is 46.5 Å². The minimum atomic E-state index is -0.384. The largest absolute Gasteiger partial charge is 0.339 e. The van der Waals surface area contributed by atoms with Crippen LogP contribution in [0, 0.1) is 5.41 Å². The summed E-state index contributed by atoms with van der Waals surface area (Å²) >= 11 is 0. The van der Waals surface area contributed by atoms with Crippen molar-refractivity contribution in [2.45, 2.75) is 58.5 Å². The van der Waals surface area contributed by atoms with Gasteiger partial charge in [-0.3, -0.25) is 9.69 Å². The van der Waals surface area contributed by atoms with E-state index < -0.39 is 0 Å². The predicted octanol–water partition coefficient (Wildman–Crippen LogP) is 2.29. The zero-order valence-electron chi connectivity index (χ0n) is 13.5. The van der Waals surface area contributed by atoms with Crippen LogP contribution >= 0.6 is 24.8 Å². The average molecular weight is 340 g/mol. The number of halogens is 2. The lowest BCUT2D eigenvalue weighted by Crippen LogP contribution is -2.57. The second kappa shape index (κ2) is 8.56. The molecule has 0 unspecified atom stereocenters. The zero-order chi connectivity index (χ0) is 14.0. The van der Waals surface area contributed by atoms with Crippen LogP contribution in [0.5, 0.6) is 0 Å². The van der Waals surface area contributed by atoms with E-state index in [0.717, 1.165) is 32.2 Å². The van der Waals surface area contributed by atoms with Gasteiger partial charge in [-0.15, -0.1) is 24.8 Å². The Morgan fingerprint density at radius 3 is 1.95 bits per heavy atom. The van der Waals surface area contributed by atoms with E-state index in [2.05, 4.69) is 4.90 Å². The van der Waals surface area contributed by atoms with E-state index in [1.54, 1.807) is 0 Å². The molecule has 2 aliphatic rings. The van der Waals surface area contributed by atoms with E-state index in [4.69, 9.17) is 5.73 Å². The summed E-state index contributed by atoms with van der Waals surface area (Å²) in [4.78, 5) is 16.9. The quantitative estimate of drug-likeness (QED) is 0.839. The molecule has 2 fully saturated rings. The fourth-order valence-corrected chi connectivity index (χ4v) is 3.14. The van der Waals surface area contributed by atoms with Crippen LogP contribution in [0.25, 0.3) is 0 Å². The maximum Gasteiger partial charge on any atom is 0.240 e. The molecule has 21 heavy (non-hydrogen) atoms. The van der Waals surface area contributed by atoms with E-state index in [9.17, 15) is 4.79 Å². The van der Waals surface area contributed by atoms with Gasteiger partial charge in [0, 0.05) is 32.2 Å². The number of hydrogen-bond donors (Lipinski definition) is 1. The molecule has 0 bridgehead atoms. The Bertz CT molecular complexity index is 319. The van der Waals surface area contributed by atoms with Gasteiger partial charge in [0.25, 0.3) is 0 Å². The number of piperazine rings is 1. The van der Waals surface area contributed by atoms with Gasteiger partial charge in [0.2, 0.25) is 5.91 Å². The molecular formula is C15H31Cl2N3O. The van der Waals surface area contributed by atoms with Crippen molar-refractivity contribution >= 4 is 30.7 Å². The molecule has 1 atom stereocenters. The summed E-state index contributed by atoms with van der Waals surface area (Å²) in [5.74, 6) is 0.124. The standard InChI is InChI=1S/C15H29N3O.2ClH/c1-15(2,3)13(16)14(19)18-10-8-17(9-11-18)12-6-4-5-7-12;;/h12-13H,4-11,16H2,1-3H3;2*1H/t13-;;/m1../s1. The number of nitrogens with two attached hydrogens (primary N) is 1. The molecule has 0 radical (unpaired) electrons. The van der Waals surface area contributed by atoms with E-state index >= 15 is 0 Å². The molecule has 4 nitrogen and oxygen atoms in total. The summed E-state index contributed by atoms with van der Waals surface area (Å²) in [5.41, 5.74) is 5.92. The first-order valence-electron chi connectivity index (χ1n) is 7.68. The first kappa shape index (κ1) is 21.0. The number of amides is 1. The van der Waals surface area contributed by atoms with E-state index in [1.165, 1.54) is 25.7 Å². The van der Waals surface area contributed by atoms with Crippen molar-refractivity contribution in [3.8, 4) is 0 Å². The summed E-state index contributed by atoms with van der Waals surface area (Å²) in [6.45, 7) is 9.83. The first-order valence-corrected chi connectivity index (χ1v) is 7.68. The van der Waals surface area contributed by atoms with Gasteiger partial charge >= 0.3 is 0 Å². The minimum Gasteiger partial charge on any atom is -0.339 e. The summed E-state index contributed by atoms with van der Waals surface area (Å²) < 4.78 is 0. The molecular weight excluding hydrogens is 309 g/mol. The Morgan fingerprint density at radius 1 is 1.05 bits per heavy atom. The highest BCUT2D eigenvalue weighted by molar-refractivity contribution is 5.85. The second-order valence-corrected chi connectivity index (χ2v) is 7.14.